The average molecular weight is 416 g/mol. The summed E-state index contributed by atoms with van der Waals surface area (Å²) in [5.41, 5.74) is 1.90. The number of anilines is 1. The van der Waals surface area contributed by atoms with E-state index in [1.165, 1.54) is 11.8 Å². The van der Waals surface area contributed by atoms with Gasteiger partial charge in [0, 0.05) is 17.5 Å². The van der Waals surface area contributed by atoms with Gasteiger partial charge in [-0.3, -0.25) is 4.79 Å². The fourth-order valence-corrected chi connectivity index (χ4v) is 6.56. The van der Waals surface area contributed by atoms with Crippen LogP contribution in [0.5, 0.6) is 0 Å². The molecule has 1 N–H and O–H groups in total. The van der Waals surface area contributed by atoms with Gasteiger partial charge in [0.05, 0.1) is 28.6 Å². The Morgan fingerprint density at radius 3 is 2.64 bits per heavy atom. The molecule has 2 heterocycles. The molecule has 0 unspecified atom stereocenters. The van der Waals surface area contributed by atoms with Crippen molar-refractivity contribution in [2.24, 2.45) is 4.99 Å². The van der Waals surface area contributed by atoms with Crippen molar-refractivity contribution in [1.29, 1.82) is 0 Å². The van der Waals surface area contributed by atoms with E-state index in [-0.39, 0.29) is 35.2 Å². The lowest BCUT2D eigenvalue weighted by Gasteiger charge is -2.28. The number of nitrogens with one attached hydrogen (secondary N) is 1. The number of aliphatic imine (C=N–C) groups is 1. The van der Waals surface area contributed by atoms with E-state index in [0.29, 0.717) is 11.6 Å². The highest BCUT2D eigenvalue weighted by atomic mass is 32.2. The maximum atomic E-state index is 12.9. The molecule has 1 saturated carbocycles. The van der Waals surface area contributed by atoms with Crippen LogP contribution in [-0.2, 0) is 14.6 Å². The Labute approximate surface area is 168 Å². The molecule has 3 aliphatic rings. The van der Waals surface area contributed by atoms with Gasteiger partial charge in [0.1, 0.15) is 0 Å². The number of carbonyl (C=O) groups is 1. The van der Waals surface area contributed by atoms with Crippen LogP contribution in [0.1, 0.15) is 19.3 Å². The van der Waals surface area contributed by atoms with Gasteiger partial charge >= 0.3 is 0 Å². The molecule has 2 fully saturated rings. The predicted octanol–water partition coefficient (Wildman–Crippen LogP) is 3.16. The van der Waals surface area contributed by atoms with Crippen molar-refractivity contribution in [2.45, 2.75) is 31.3 Å². The third-order valence-corrected chi connectivity index (χ3v) is 8.12. The Hall–Kier alpha value is -2.06. The summed E-state index contributed by atoms with van der Waals surface area (Å²) in [7, 11) is -3.01. The van der Waals surface area contributed by atoms with E-state index in [1.54, 1.807) is 0 Å². The summed E-state index contributed by atoms with van der Waals surface area (Å²) in [6.07, 6.45) is 2.51. The van der Waals surface area contributed by atoms with Gasteiger partial charge in [-0.05, 0) is 36.8 Å². The minimum absolute atomic E-state index is 0.0103. The van der Waals surface area contributed by atoms with E-state index in [4.69, 9.17) is 0 Å². The molecule has 0 bridgehead atoms. The van der Waals surface area contributed by atoms with E-state index in [0.717, 1.165) is 35.0 Å². The van der Waals surface area contributed by atoms with Crippen molar-refractivity contribution in [3.63, 3.8) is 0 Å². The van der Waals surface area contributed by atoms with Gasteiger partial charge in [0.2, 0.25) is 5.91 Å². The van der Waals surface area contributed by atoms with Crippen LogP contribution in [0.25, 0.3) is 10.8 Å². The third-order valence-electron chi connectivity index (χ3n) is 5.51. The number of carbonyl (C=O) groups excluding carboxylic acids is 1. The number of hydrogen-bond acceptors (Lipinski definition) is 6. The Morgan fingerprint density at radius 1 is 1.14 bits per heavy atom. The third kappa shape index (κ3) is 3.39. The molecule has 2 aromatic rings. The van der Waals surface area contributed by atoms with Crippen LogP contribution >= 0.6 is 11.8 Å². The molecule has 1 amide bonds. The maximum absolute atomic E-state index is 12.9. The zero-order chi connectivity index (χ0) is 19.3. The van der Waals surface area contributed by atoms with Crippen molar-refractivity contribution in [3.8, 4) is 0 Å². The first kappa shape index (κ1) is 18.0. The Kier molecular flexibility index (Phi) is 4.35. The normalized spacial score (nSPS) is 22.6. The quantitative estimate of drug-likeness (QED) is 0.830. The largest absolute Gasteiger partial charge is 0.335 e. The summed E-state index contributed by atoms with van der Waals surface area (Å²) in [6, 6.07) is 12.2. The van der Waals surface area contributed by atoms with Gasteiger partial charge in [-0.2, -0.15) is 0 Å². The summed E-state index contributed by atoms with van der Waals surface area (Å²) in [4.78, 5) is 19.4. The summed E-state index contributed by atoms with van der Waals surface area (Å²) >= 11 is 1.38. The van der Waals surface area contributed by atoms with Crippen molar-refractivity contribution < 1.29 is 13.2 Å². The highest BCUT2D eigenvalue weighted by molar-refractivity contribution is 8.14. The second-order valence-corrected chi connectivity index (χ2v) is 10.8. The number of sulfone groups is 1. The molecule has 0 radical (unpaired) electrons. The number of amidine groups is 1. The molecular formula is C20H21N3O3S2. The van der Waals surface area contributed by atoms with Gasteiger partial charge < -0.3 is 10.2 Å². The molecule has 2 aliphatic heterocycles. The standard InChI is InChI=1S/C20H21N3O3S2/c24-18(23(14-7-8-14)15-9-10-28(25,26)12-15)11-27-20-21-16-5-1-3-13-4-2-6-17(22-20)19(13)16/h1-6,14-15H,7-12H2,(H,21,22)/t15-/m0/s1. The molecule has 28 heavy (non-hydrogen) atoms. The molecule has 1 aliphatic carbocycles. The van der Waals surface area contributed by atoms with Gasteiger partial charge in [0.15, 0.2) is 15.0 Å². The number of nitrogens with zero attached hydrogens (tertiary/aromatic N) is 2. The van der Waals surface area contributed by atoms with Crippen LogP contribution in [0, 0.1) is 0 Å². The molecule has 8 heteroatoms. The van der Waals surface area contributed by atoms with E-state index in [2.05, 4.69) is 22.4 Å². The first-order chi connectivity index (χ1) is 13.5. The fourth-order valence-electron chi connectivity index (χ4n) is 4.10. The van der Waals surface area contributed by atoms with Crippen molar-refractivity contribution >= 4 is 54.8 Å². The van der Waals surface area contributed by atoms with E-state index >= 15 is 0 Å². The van der Waals surface area contributed by atoms with Crippen LogP contribution in [0.15, 0.2) is 41.4 Å². The average Bonchev–Trinajstić information content (AvgIpc) is 3.43. The monoisotopic (exact) mass is 415 g/mol. The molecule has 2 aromatic carbocycles. The summed E-state index contributed by atoms with van der Waals surface area (Å²) in [6.45, 7) is 0. The van der Waals surface area contributed by atoms with Crippen LogP contribution in [-0.4, -0.2) is 53.7 Å². The minimum Gasteiger partial charge on any atom is -0.335 e. The summed E-state index contributed by atoms with van der Waals surface area (Å²) in [5, 5.41) is 6.26. The van der Waals surface area contributed by atoms with Crippen molar-refractivity contribution in [1.82, 2.24) is 4.90 Å². The zero-order valence-electron chi connectivity index (χ0n) is 15.3. The number of amides is 1. The lowest BCUT2D eigenvalue weighted by atomic mass is 10.1. The Bertz CT molecular complexity index is 1090. The predicted molar refractivity (Wildman–Crippen MR) is 114 cm³/mol. The Balaban J connectivity index is 1.31. The smallest absolute Gasteiger partial charge is 0.233 e. The molecule has 1 atom stereocenters. The number of benzene rings is 2. The fraction of sp³-hybridized carbons (Fsp3) is 0.400. The minimum atomic E-state index is -3.01. The Morgan fingerprint density at radius 2 is 1.93 bits per heavy atom. The molecule has 1 saturated heterocycles. The highest BCUT2D eigenvalue weighted by Gasteiger charge is 2.42. The SMILES string of the molecule is O=C(CSC1=Nc2cccc3cccc(c23)N1)N(C1CC1)[C@H]1CCS(=O)(=O)C1. The first-order valence-corrected chi connectivity index (χ1v) is 12.3. The van der Waals surface area contributed by atoms with Crippen molar-refractivity contribution in [3.05, 3.63) is 36.4 Å². The van der Waals surface area contributed by atoms with Crippen LogP contribution in [0.2, 0.25) is 0 Å². The van der Waals surface area contributed by atoms with Gasteiger partial charge in [0.25, 0.3) is 0 Å². The topological polar surface area (TPSA) is 78.8 Å². The maximum Gasteiger partial charge on any atom is 0.233 e. The molecule has 146 valence electrons. The number of hydrogen-bond donors (Lipinski definition) is 1. The molecular weight excluding hydrogens is 394 g/mol. The lowest BCUT2D eigenvalue weighted by Crippen LogP contribution is -2.44. The second kappa shape index (κ2) is 6.77. The van der Waals surface area contributed by atoms with Gasteiger partial charge in [-0.25, -0.2) is 13.4 Å². The molecule has 5 rings (SSSR count). The van der Waals surface area contributed by atoms with Crippen LogP contribution in [0.4, 0.5) is 11.4 Å². The summed E-state index contributed by atoms with van der Waals surface area (Å²) < 4.78 is 23.7. The number of rotatable bonds is 4. The molecule has 0 aromatic heterocycles. The molecule has 0 spiro atoms. The lowest BCUT2D eigenvalue weighted by molar-refractivity contribution is -0.130. The zero-order valence-corrected chi connectivity index (χ0v) is 16.9. The summed E-state index contributed by atoms with van der Waals surface area (Å²) in [5.74, 6) is 0.568. The molecule has 6 nitrogen and oxygen atoms in total. The van der Waals surface area contributed by atoms with Crippen molar-refractivity contribution in [2.75, 3.05) is 22.6 Å². The number of thioether (sulfide) groups is 1. The highest BCUT2D eigenvalue weighted by Crippen LogP contribution is 2.37. The second-order valence-electron chi connectivity index (χ2n) is 7.60. The van der Waals surface area contributed by atoms with E-state index < -0.39 is 9.84 Å². The van der Waals surface area contributed by atoms with Crippen LogP contribution < -0.4 is 5.32 Å². The van der Waals surface area contributed by atoms with Crippen LogP contribution in [0.3, 0.4) is 0 Å². The van der Waals surface area contributed by atoms with Gasteiger partial charge in [-0.15, -0.1) is 0 Å². The van der Waals surface area contributed by atoms with E-state index in [1.807, 2.05) is 29.2 Å². The van der Waals surface area contributed by atoms with Gasteiger partial charge in [-0.1, -0.05) is 36.0 Å². The first-order valence-electron chi connectivity index (χ1n) is 9.52. The van der Waals surface area contributed by atoms with E-state index in [9.17, 15) is 13.2 Å².